The maximum absolute atomic E-state index is 12.7. The molecule has 0 unspecified atom stereocenters. The summed E-state index contributed by atoms with van der Waals surface area (Å²) in [6, 6.07) is 2.16. The van der Waals surface area contributed by atoms with Gasteiger partial charge >= 0.3 is 12.1 Å². The normalized spacial score (nSPS) is 11.5. The highest BCUT2D eigenvalue weighted by molar-refractivity contribution is 5.90. The summed E-state index contributed by atoms with van der Waals surface area (Å²) in [5.41, 5.74) is -0.254. The van der Waals surface area contributed by atoms with Crippen molar-refractivity contribution >= 4 is 5.97 Å². The number of esters is 1. The highest BCUT2D eigenvalue weighted by atomic mass is 19.4. The van der Waals surface area contributed by atoms with E-state index in [2.05, 4.69) is 10.1 Å². The molecule has 22 heavy (non-hydrogen) atoms. The number of ether oxygens (including phenoxy) is 1. The number of aromatic nitrogens is 3. The smallest absolute Gasteiger partial charge is 0.418 e. The zero-order chi connectivity index (χ0) is 16.5. The first-order valence-corrected chi connectivity index (χ1v) is 6.52. The number of alkyl halides is 3. The van der Waals surface area contributed by atoms with Gasteiger partial charge in [-0.15, -0.1) is 0 Å². The summed E-state index contributed by atoms with van der Waals surface area (Å²) in [6.45, 7) is 4.80. The Morgan fingerprint density at radius 1 is 1.32 bits per heavy atom. The molecule has 0 saturated carbocycles. The topological polar surface area (TPSA) is 57.0 Å². The zero-order valence-corrected chi connectivity index (χ0v) is 12.2. The second-order valence-electron chi connectivity index (χ2n) is 4.58. The predicted molar refractivity (Wildman–Crippen MR) is 71.8 cm³/mol. The van der Waals surface area contributed by atoms with Crippen LogP contribution in [0.25, 0.3) is 5.82 Å². The molecule has 8 heteroatoms. The lowest BCUT2D eigenvalue weighted by Gasteiger charge is -2.11. The third kappa shape index (κ3) is 2.95. The molecule has 0 spiro atoms. The summed E-state index contributed by atoms with van der Waals surface area (Å²) in [7, 11) is 0. The summed E-state index contributed by atoms with van der Waals surface area (Å²) < 4.78 is 44.4. The molecule has 0 atom stereocenters. The molecule has 0 aromatic carbocycles. The average molecular weight is 313 g/mol. The van der Waals surface area contributed by atoms with Gasteiger partial charge in [0.05, 0.1) is 29.8 Å². The Hall–Kier alpha value is -2.38. The number of rotatable bonds is 3. The van der Waals surface area contributed by atoms with Crippen molar-refractivity contribution in [3.05, 3.63) is 40.8 Å². The van der Waals surface area contributed by atoms with Crippen molar-refractivity contribution in [1.82, 2.24) is 14.8 Å². The Labute approximate surface area is 124 Å². The van der Waals surface area contributed by atoms with E-state index < -0.39 is 17.7 Å². The van der Waals surface area contributed by atoms with Gasteiger partial charge < -0.3 is 4.74 Å². The summed E-state index contributed by atoms with van der Waals surface area (Å²) in [6.07, 6.45) is -3.15. The van der Waals surface area contributed by atoms with Gasteiger partial charge in [0.1, 0.15) is 5.56 Å². The Balaban J connectivity index is 2.42. The van der Waals surface area contributed by atoms with E-state index in [1.807, 2.05) is 0 Å². The number of carbonyl (C=O) groups is 1. The van der Waals surface area contributed by atoms with Crippen LogP contribution in [0.2, 0.25) is 0 Å². The third-order valence-corrected chi connectivity index (χ3v) is 3.10. The van der Waals surface area contributed by atoms with Crippen molar-refractivity contribution in [2.24, 2.45) is 0 Å². The highest BCUT2D eigenvalue weighted by Crippen LogP contribution is 2.31. The maximum atomic E-state index is 12.7. The van der Waals surface area contributed by atoms with Crippen molar-refractivity contribution in [2.75, 3.05) is 6.61 Å². The zero-order valence-electron chi connectivity index (χ0n) is 12.2. The Bertz CT molecular complexity index is 708. The van der Waals surface area contributed by atoms with Crippen molar-refractivity contribution in [2.45, 2.75) is 26.9 Å². The molecule has 0 amide bonds. The molecule has 5 nitrogen and oxygen atoms in total. The molecule has 0 N–H and O–H groups in total. The van der Waals surface area contributed by atoms with Gasteiger partial charge in [-0.25, -0.2) is 14.5 Å². The van der Waals surface area contributed by atoms with Crippen molar-refractivity contribution in [3.8, 4) is 5.82 Å². The van der Waals surface area contributed by atoms with E-state index in [1.54, 1.807) is 13.8 Å². The van der Waals surface area contributed by atoms with Gasteiger partial charge in [-0.2, -0.15) is 18.3 Å². The Morgan fingerprint density at radius 2 is 2.00 bits per heavy atom. The second-order valence-corrected chi connectivity index (χ2v) is 4.58. The van der Waals surface area contributed by atoms with Crippen LogP contribution >= 0.6 is 0 Å². The molecule has 0 aliphatic heterocycles. The van der Waals surface area contributed by atoms with Crippen LogP contribution in [0, 0.1) is 13.8 Å². The van der Waals surface area contributed by atoms with Crippen molar-refractivity contribution < 1.29 is 22.7 Å². The van der Waals surface area contributed by atoms with Gasteiger partial charge in [0.2, 0.25) is 0 Å². The largest absolute Gasteiger partial charge is 0.462 e. The Kier molecular flexibility index (Phi) is 4.20. The maximum Gasteiger partial charge on any atom is 0.418 e. The van der Waals surface area contributed by atoms with E-state index in [-0.39, 0.29) is 23.7 Å². The highest BCUT2D eigenvalue weighted by Gasteiger charge is 2.33. The first kappa shape index (κ1) is 16.0. The van der Waals surface area contributed by atoms with Crippen molar-refractivity contribution in [1.29, 1.82) is 0 Å². The SMILES string of the molecule is CCOC(=O)c1cnn(-c2ccc(C(F)(F)F)c(C)n2)c1C. The molecule has 0 bridgehead atoms. The molecular formula is C14H14F3N3O2. The molecule has 2 rings (SSSR count). The quantitative estimate of drug-likeness (QED) is 0.817. The molecule has 0 fully saturated rings. The predicted octanol–water partition coefficient (Wildman–Crippen LogP) is 3.08. The van der Waals surface area contributed by atoms with Crippen LogP contribution in [0.4, 0.5) is 13.2 Å². The van der Waals surface area contributed by atoms with Gasteiger partial charge in [-0.1, -0.05) is 0 Å². The standard InChI is InChI=1S/C14H14F3N3O2/c1-4-22-13(21)10-7-18-20(9(10)3)12-6-5-11(8(2)19-12)14(15,16)17/h5-7H,4H2,1-3H3. The first-order chi connectivity index (χ1) is 10.3. The van der Waals surface area contributed by atoms with E-state index in [9.17, 15) is 18.0 Å². The van der Waals surface area contributed by atoms with Gasteiger partial charge in [-0.3, -0.25) is 0 Å². The number of carbonyl (C=O) groups excluding carboxylic acids is 1. The van der Waals surface area contributed by atoms with Gasteiger partial charge in [0.25, 0.3) is 0 Å². The molecule has 2 aromatic heterocycles. The Morgan fingerprint density at radius 3 is 2.55 bits per heavy atom. The number of nitrogens with zero attached hydrogens (tertiary/aromatic N) is 3. The molecule has 0 radical (unpaired) electrons. The fraction of sp³-hybridized carbons (Fsp3) is 0.357. The number of aryl methyl sites for hydroxylation is 1. The van der Waals surface area contributed by atoms with Crippen LogP contribution in [0.3, 0.4) is 0 Å². The van der Waals surface area contributed by atoms with E-state index >= 15 is 0 Å². The van der Waals surface area contributed by atoms with Crippen LogP contribution in [-0.2, 0) is 10.9 Å². The minimum absolute atomic E-state index is 0.155. The molecule has 2 aromatic rings. The minimum atomic E-state index is -4.45. The summed E-state index contributed by atoms with van der Waals surface area (Å²) in [5.74, 6) is -0.326. The van der Waals surface area contributed by atoms with E-state index in [0.717, 1.165) is 6.07 Å². The molecule has 2 heterocycles. The van der Waals surface area contributed by atoms with Crippen molar-refractivity contribution in [3.63, 3.8) is 0 Å². The number of hydrogen-bond donors (Lipinski definition) is 0. The second kappa shape index (κ2) is 5.78. The third-order valence-electron chi connectivity index (χ3n) is 3.10. The number of hydrogen-bond acceptors (Lipinski definition) is 4. The fourth-order valence-corrected chi connectivity index (χ4v) is 2.02. The lowest BCUT2D eigenvalue weighted by molar-refractivity contribution is -0.138. The minimum Gasteiger partial charge on any atom is -0.462 e. The van der Waals surface area contributed by atoms with E-state index in [0.29, 0.717) is 5.69 Å². The molecule has 0 saturated heterocycles. The molecular weight excluding hydrogens is 299 g/mol. The lowest BCUT2D eigenvalue weighted by Crippen LogP contribution is -2.12. The molecule has 0 aliphatic rings. The summed E-state index contributed by atoms with van der Waals surface area (Å²) in [4.78, 5) is 15.6. The van der Waals surface area contributed by atoms with Crippen LogP contribution in [-0.4, -0.2) is 27.3 Å². The van der Waals surface area contributed by atoms with Gasteiger partial charge in [-0.05, 0) is 32.9 Å². The fourth-order valence-electron chi connectivity index (χ4n) is 2.02. The average Bonchev–Trinajstić information content (AvgIpc) is 2.79. The van der Waals surface area contributed by atoms with Gasteiger partial charge in [0.15, 0.2) is 5.82 Å². The molecule has 118 valence electrons. The number of halogens is 3. The van der Waals surface area contributed by atoms with E-state index in [1.165, 1.54) is 23.9 Å². The number of pyridine rings is 1. The van der Waals surface area contributed by atoms with Gasteiger partial charge in [0, 0.05) is 0 Å². The monoisotopic (exact) mass is 313 g/mol. The van der Waals surface area contributed by atoms with E-state index in [4.69, 9.17) is 4.74 Å². The first-order valence-electron chi connectivity index (χ1n) is 6.52. The summed E-state index contributed by atoms with van der Waals surface area (Å²) in [5, 5.41) is 3.99. The van der Waals surface area contributed by atoms with Crippen LogP contribution in [0.15, 0.2) is 18.3 Å². The van der Waals surface area contributed by atoms with Crippen LogP contribution in [0.5, 0.6) is 0 Å². The summed E-state index contributed by atoms with van der Waals surface area (Å²) >= 11 is 0. The molecule has 0 aliphatic carbocycles. The van der Waals surface area contributed by atoms with Crippen LogP contribution < -0.4 is 0 Å². The van der Waals surface area contributed by atoms with Crippen LogP contribution in [0.1, 0.15) is 34.2 Å². The lowest BCUT2D eigenvalue weighted by atomic mass is 10.2.